The second-order valence-corrected chi connectivity index (χ2v) is 7.54. The zero-order chi connectivity index (χ0) is 21.2. The van der Waals surface area contributed by atoms with Crippen molar-refractivity contribution in [2.75, 3.05) is 13.2 Å². The molecular formula is C25H30N2O3. The third-order valence-corrected chi connectivity index (χ3v) is 4.83. The van der Waals surface area contributed by atoms with Gasteiger partial charge >= 0.3 is 0 Å². The van der Waals surface area contributed by atoms with Crippen molar-refractivity contribution in [1.29, 1.82) is 0 Å². The number of nitrogens with one attached hydrogen (secondary N) is 1. The monoisotopic (exact) mass is 406 g/mol. The molecule has 0 bridgehead atoms. The average Bonchev–Trinajstić information content (AvgIpc) is 3.19. The maximum Gasteiger partial charge on any atom is 0.159 e. The van der Waals surface area contributed by atoms with Crippen molar-refractivity contribution in [3.63, 3.8) is 0 Å². The molecule has 0 aliphatic rings. The number of nitrogens with zero attached hydrogens (tertiary/aromatic N) is 1. The Balaban J connectivity index is 1.43. The zero-order valence-electron chi connectivity index (χ0n) is 17.6. The predicted molar refractivity (Wildman–Crippen MR) is 120 cm³/mol. The van der Waals surface area contributed by atoms with Gasteiger partial charge in [-0.1, -0.05) is 53.7 Å². The van der Waals surface area contributed by atoms with Crippen molar-refractivity contribution in [2.45, 2.75) is 38.8 Å². The summed E-state index contributed by atoms with van der Waals surface area (Å²) >= 11 is 0. The van der Waals surface area contributed by atoms with E-state index in [1.807, 2.05) is 55.5 Å². The lowest BCUT2D eigenvalue weighted by atomic mass is 10.1. The fourth-order valence-corrected chi connectivity index (χ4v) is 3.10. The van der Waals surface area contributed by atoms with Crippen LogP contribution in [0, 0.1) is 6.92 Å². The van der Waals surface area contributed by atoms with Crippen molar-refractivity contribution in [2.24, 2.45) is 0 Å². The Kier molecular flexibility index (Phi) is 8.24. The van der Waals surface area contributed by atoms with Crippen LogP contribution in [0.1, 0.15) is 35.9 Å². The maximum atomic E-state index is 10.3. The van der Waals surface area contributed by atoms with Crippen LogP contribution in [-0.4, -0.2) is 35.6 Å². The van der Waals surface area contributed by atoms with E-state index in [9.17, 15) is 5.11 Å². The lowest BCUT2D eigenvalue weighted by Crippen LogP contribution is -2.36. The van der Waals surface area contributed by atoms with Crippen molar-refractivity contribution < 1.29 is 14.4 Å². The minimum atomic E-state index is -0.585. The Morgan fingerprint density at radius 1 is 1.10 bits per heavy atom. The highest BCUT2D eigenvalue weighted by atomic mass is 16.5. The van der Waals surface area contributed by atoms with E-state index in [0.717, 1.165) is 29.8 Å². The van der Waals surface area contributed by atoms with Gasteiger partial charge in [0, 0.05) is 24.2 Å². The molecular weight excluding hydrogens is 376 g/mol. The quantitative estimate of drug-likeness (QED) is 0.491. The summed E-state index contributed by atoms with van der Waals surface area (Å²) in [6.07, 6.45) is 5.23. The lowest BCUT2D eigenvalue weighted by Gasteiger charge is -2.18. The van der Waals surface area contributed by atoms with E-state index in [1.54, 1.807) is 0 Å². The van der Waals surface area contributed by atoms with Gasteiger partial charge in [0.15, 0.2) is 5.76 Å². The molecule has 0 spiro atoms. The van der Waals surface area contributed by atoms with Gasteiger partial charge in [-0.2, -0.15) is 0 Å². The number of aliphatic hydroxyl groups excluding tert-OH is 1. The van der Waals surface area contributed by atoms with Crippen LogP contribution in [0.25, 0.3) is 12.2 Å². The summed E-state index contributed by atoms with van der Waals surface area (Å²) in [6, 6.07) is 20.4. The Morgan fingerprint density at radius 3 is 2.63 bits per heavy atom. The maximum absolute atomic E-state index is 10.3. The smallest absolute Gasteiger partial charge is 0.159 e. The number of aromatic nitrogens is 1. The van der Waals surface area contributed by atoms with E-state index in [1.165, 1.54) is 5.56 Å². The number of rotatable bonds is 11. The number of aliphatic hydroxyl groups is 1. The third kappa shape index (κ3) is 7.17. The summed E-state index contributed by atoms with van der Waals surface area (Å²) in [6.45, 7) is 4.74. The molecule has 2 N–H and O–H groups in total. The van der Waals surface area contributed by atoms with Crippen molar-refractivity contribution in [3.05, 3.63) is 83.2 Å². The number of benzene rings is 2. The van der Waals surface area contributed by atoms with Gasteiger partial charge < -0.3 is 19.7 Å². The van der Waals surface area contributed by atoms with E-state index < -0.39 is 6.10 Å². The van der Waals surface area contributed by atoms with E-state index in [4.69, 9.17) is 9.26 Å². The molecule has 30 heavy (non-hydrogen) atoms. The van der Waals surface area contributed by atoms with Crippen LogP contribution < -0.4 is 10.1 Å². The van der Waals surface area contributed by atoms with Crippen LogP contribution in [0.2, 0.25) is 0 Å². The number of hydrogen-bond acceptors (Lipinski definition) is 5. The molecule has 0 amide bonds. The van der Waals surface area contributed by atoms with Crippen LogP contribution >= 0.6 is 0 Å². The Hall–Kier alpha value is -2.89. The number of para-hydroxylation sites is 1. The summed E-state index contributed by atoms with van der Waals surface area (Å²) in [5.41, 5.74) is 3.09. The molecule has 3 rings (SSSR count). The van der Waals surface area contributed by atoms with Gasteiger partial charge in [-0.15, -0.1) is 0 Å². The molecule has 0 aliphatic carbocycles. The molecule has 0 saturated carbocycles. The standard InChI is InChI=1S/C25H30N2O3/c1-19(12-13-21-8-4-3-5-9-21)26-17-23(28)18-29-25-11-7-6-10-22(25)14-15-24-16-20(2)27-30-24/h3-11,14-16,19,23,26,28H,12-13,17-18H2,1-2H3. The highest BCUT2D eigenvalue weighted by molar-refractivity contribution is 5.70. The molecule has 3 aromatic rings. The molecule has 0 fully saturated rings. The first kappa shape index (κ1) is 21.8. The van der Waals surface area contributed by atoms with Gasteiger partial charge in [0.25, 0.3) is 0 Å². The summed E-state index contributed by atoms with van der Waals surface area (Å²) in [5, 5.41) is 17.6. The molecule has 1 heterocycles. The molecule has 0 radical (unpaired) electrons. The topological polar surface area (TPSA) is 67.5 Å². The molecule has 0 aliphatic heterocycles. The van der Waals surface area contributed by atoms with Crippen molar-refractivity contribution >= 4 is 12.2 Å². The first-order valence-corrected chi connectivity index (χ1v) is 10.4. The number of ether oxygens (including phenoxy) is 1. The number of aryl methyl sites for hydroxylation is 2. The second-order valence-electron chi connectivity index (χ2n) is 7.54. The summed E-state index contributed by atoms with van der Waals surface area (Å²) in [4.78, 5) is 0. The molecule has 1 aromatic heterocycles. The predicted octanol–water partition coefficient (Wildman–Crippen LogP) is 4.50. The summed E-state index contributed by atoms with van der Waals surface area (Å²) < 4.78 is 11.1. The SMILES string of the molecule is Cc1cc(C=Cc2ccccc2OCC(O)CNC(C)CCc2ccccc2)on1. The molecule has 2 atom stereocenters. The molecule has 0 saturated heterocycles. The zero-order valence-corrected chi connectivity index (χ0v) is 17.6. The fourth-order valence-electron chi connectivity index (χ4n) is 3.10. The van der Waals surface area contributed by atoms with Gasteiger partial charge in [-0.3, -0.25) is 0 Å². The van der Waals surface area contributed by atoms with E-state index >= 15 is 0 Å². The summed E-state index contributed by atoms with van der Waals surface area (Å²) in [7, 11) is 0. The van der Waals surface area contributed by atoms with Crippen LogP contribution in [0.15, 0.2) is 65.2 Å². The molecule has 2 unspecified atom stereocenters. The molecule has 5 nitrogen and oxygen atoms in total. The van der Waals surface area contributed by atoms with Gasteiger partial charge in [0.1, 0.15) is 18.5 Å². The van der Waals surface area contributed by atoms with Crippen molar-refractivity contribution in [3.8, 4) is 5.75 Å². The van der Waals surface area contributed by atoms with Crippen LogP contribution in [0.3, 0.4) is 0 Å². The highest BCUT2D eigenvalue weighted by Crippen LogP contribution is 2.21. The van der Waals surface area contributed by atoms with Crippen LogP contribution in [-0.2, 0) is 6.42 Å². The molecule has 158 valence electrons. The first-order valence-electron chi connectivity index (χ1n) is 10.4. The average molecular weight is 407 g/mol. The van der Waals surface area contributed by atoms with Crippen LogP contribution in [0.4, 0.5) is 0 Å². The van der Waals surface area contributed by atoms with E-state index in [-0.39, 0.29) is 6.61 Å². The lowest BCUT2D eigenvalue weighted by molar-refractivity contribution is 0.104. The van der Waals surface area contributed by atoms with E-state index in [0.29, 0.717) is 18.3 Å². The Morgan fingerprint density at radius 2 is 1.87 bits per heavy atom. The minimum absolute atomic E-state index is 0.227. The third-order valence-electron chi connectivity index (χ3n) is 4.83. The van der Waals surface area contributed by atoms with E-state index in [2.05, 4.69) is 41.7 Å². The number of hydrogen-bond donors (Lipinski definition) is 2. The normalized spacial score (nSPS) is 13.4. The summed E-state index contributed by atoms with van der Waals surface area (Å²) in [5.74, 6) is 1.41. The first-order chi connectivity index (χ1) is 14.6. The Bertz CT molecular complexity index is 921. The van der Waals surface area contributed by atoms with Crippen molar-refractivity contribution in [1.82, 2.24) is 10.5 Å². The Labute approximate surface area is 178 Å². The molecule has 5 heteroatoms. The molecule has 2 aromatic carbocycles. The fraction of sp³-hybridized carbons (Fsp3) is 0.320. The van der Waals surface area contributed by atoms with Crippen LogP contribution in [0.5, 0.6) is 5.75 Å². The van der Waals surface area contributed by atoms with Gasteiger partial charge in [-0.25, -0.2) is 0 Å². The van der Waals surface area contributed by atoms with Gasteiger partial charge in [0.2, 0.25) is 0 Å². The van der Waals surface area contributed by atoms with Gasteiger partial charge in [0.05, 0.1) is 5.69 Å². The second kappa shape index (κ2) is 11.3. The minimum Gasteiger partial charge on any atom is -0.490 e. The highest BCUT2D eigenvalue weighted by Gasteiger charge is 2.10. The largest absolute Gasteiger partial charge is 0.490 e. The van der Waals surface area contributed by atoms with Gasteiger partial charge in [-0.05, 0) is 50.5 Å².